The molecule has 124 valence electrons. The van der Waals surface area contributed by atoms with Crippen molar-refractivity contribution >= 4 is 16.5 Å². The minimum atomic E-state index is 0.470. The molecule has 3 nitrogen and oxygen atoms in total. The van der Waals surface area contributed by atoms with Gasteiger partial charge in [0.25, 0.3) is 0 Å². The van der Waals surface area contributed by atoms with E-state index in [4.69, 9.17) is 0 Å². The quantitative estimate of drug-likeness (QED) is 0.616. The summed E-state index contributed by atoms with van der Waals surface area (Å²) in [5, 5.41) is 4.34. The highest BCUT2D eigenvalue weighted by molar-refractivity contribution is 7.18. The maximum absolute atomic E-state index is 4.51. The van der Waals surface area contributed by atoms with Crippen LogP contribution in [0.3, 0.4) is 0 Å². The van der Waals surface area contributed by atoms with Crippen LogP contribution >= 0.6 is 11.3 Å². The van der Waals surface area contributed by atoms with E-state index in [1.54, 1.807) is 11.3 Å². The number of aromatic nitrogens is 2. The van der Waals surface area contributed by atoms with E-state index in [-0.39, 0.29) is 0 Å². The molecule has 1 aromatic carbocycles. The normalized spacial score (nSPS) is 11.0. The number of hydrogen-bond donors (Lipinski definition) is 1. The molecular formula is C20H23N3S. The molecule has 24 heavy (non-hydrogen) atoms. The molecule has 0 fully saturated rings. The first-order valence-electron chi connectivity index (χ1n) is 8.44. The lowest BCUT2D eigenvalue weighted by atomic mass is 9.91. The highest BCUT2D eigenvalue weighted by Gasteiger charge is 2.14. The minimum absolute atomic E-state index is 0.470. The van der Waals surface area contributed by atoms with Crippen LogP contribution in [0, 0.1) is 0 Å². The third-order valence-electron chi connectivity index (χ3n) is 3.99. The molecule has 0 unspecified atom stereocenters. The number of anilines is 1. The maximum atomic E-state index is 4.51. The fourth-order valence-electron chi connectivity index (χ4n) is 2.78. The van der Waals surface area contributed by atoms with E-state index in [1.807, 2.05) is 18.6 Å². The number of benzene rings is 1. The average Bonchev–Trinajstić information content (AvgIpc) is 3.08. The van der Waals surface area contributed by atoms with Crippen LogP contribution < -0.4 is 5.32 Å². The number of pyridine rings is 1. The molecule has 4 heteroatoms. The Morgan fingerprint density at radius 2 is 1.88 bits per heavy atom. The Balaban J connectivity index is 2.05. The molecule has 0 aliphatic rings. The molecule has 0 radical (unpaired) electrons. The Morgan fingerprint density at radius 1 is 1.04 bits per heavy atom. The predicted octanol–water partition coefficient (Wildman–Crippen LogP) is 5.82. The Morgan fingerprint density at radius 3 is 2.67 bits per heavy atom. The third-order valence-corrected chi connectivity index (χ3v) is 4.98. The molecule has 0 saturated carbocycles. The molecule has 1 N–H and O–H groups in total. The molecule has 3 rings (SSSR count). The first-order chi connectivity index (χ1) is 11.7. The summed E-state index contributed by atoms with van der Waals surface area (Å²) in [6.45, 7) is 7.57. The summed E-state index contributed by atoms with van der Waals surface area (Å²) in [7, 11) is 0. The first kappa shape index (κ1) is 16.7. The smallest absolute Gasteiger partial charge is 0.183 e. The van der Waals surface area contributed by atoms with Crippen LogP contribution in [0.25, 0.3) is 21.6 Å². The highest BCUT2D eigenvalue weighted by Crippen LogP contribution is 2.38. The SMILES string of the molecule is CCCNc1ncc(-c2ccncc2-c2ccccc2C(C)C)s1. The summed E-state index contributed by atoms with van der Waals surface area (Å²) in [6.07, 6.45) is 6.88. The summed E-state index contributed by atoms with van der Waals surface area (Å²) in [5.41, 5.74) is 4.97. The van der Waals surface area contributed by atoms with E-state index in [0.717, 1.165) is 18.1 Å². The molecule has 0 amide bonds. The van der Waals surface area contributed by atoms with Gasteiger partial charge in [0.1, 0.15) is 0 Å². The standard InChI is InChI=1S/C20H23N3S/c1-4-10-22-20-23-13-19(24-20)17-9-11-21-12-18(17)16-8-6-5-7-15(16)14(2)3/h5-9,11-14H,4,10H2,1-3H3,(H,22,23). The van der Waals surface area contributed by atoms with Crippen LogP contribution in [0.1, 0.15) is 38.7 Å². The fourth-order valence-corrected chi connectivity index (χ4v) is 3.66. The summed E-state index contributed by atoms with van der Waals surface area (Å²) in [6, 6.07) is 10.7. The van der Waals surface area contributed by atoms with Crippen LogP contribution in [0.5, 0.6) is 0 Å². The van der Waals surface area contributed by atoms with Crippen molar-refractivity contribution in [2.75, 3.05) is 11.9 Å². The zero-order chi connectivity index (χ0) is 16.9. The lowest BCUT2D eigenvalue weighted by molar-refractivity contribution is 0.869. The van der Waals surface area contributed by atoms with Gasteiger partial charge in [0, 0.05) is 36.3 Å². The zero-order valence-electron chi connectivity index (χ0n) is 14.4. The zero-order valence-corrected chi connectivity index (χ0v) is 15.2. The van der Waals surface area contributed by atoms with E-state index in [9.17, 15) is 0 Å². The Kier molecular flexibility index (Phi) is 5.26. The van der Waals surface area contributed by atoms with Crippen molar-refractivity contribution in [3.05, 3.63) is 54.5 Å². The second-order valence-corrected chi connectivity index (χ2v) is 7.15. The van der Waals surface area contributed by atoms with E-state index in [1.165, 1.54) is 27.1 Å². The summed E-state index contributed by atoms with van der Waals surface area (Å²) in [5.74, 6) is 0.470. The van der Waals surface area contributed by atoms with Gasteiger partial charge in [-0.05, 0) is 29.5 Å². The molecule has 0 aliphatic carbocycles. The number of rotatable bonds is 6. The van der Waals surface area contributed by atoms with Gasteiger partial charge in [0.05, 0.1) is 4.88 Å². The van der Waals surface area contributed by atoms with E-state index >= 15 is 0 Å². The number of nitrogens with one attached hydrogen (secondary N) is 1. The molecule has 0 saturated heterocycles. The van der Waals surface area contributed by atoms with Gasteiger partial charge in [-0.2, -0.15) is 0 Å². The van der Waals surface area contributed by atoms with Crippen molar-refractivity contribution < 1.29 is 0 Å². The number of nitrogens with zero attached hydrogens (tertiary/aromatic N) is 2. The van der Waals surface area contributed by atoms with E-state index in [2.05, 4.69) is 66.4 Å². The second kappa shape index (κ2) is 7.58. The maximum Gasteiger partial charge on any atom is 0.183 e. The van der Waals surface area contributed by atoms with Gasteiger partial charge in [-0.3, -0.25) is 4.98 Å². The first-order valence-corrected chi connectivity index (χ1v) is 9.25. The van der Waals surface area contributed by atoms with E-state index < -0.39 is 0 Å². The largest absolute Gasteiger partial charge is 0.362 e. The molecule has 2 heterocycles. The number of hydrogen-bond acceptors (Lipinski definition) is 4. The van der Waals surface area contributed by atoms with Crippen LogP contribution in [-0.2, 0) is 0 Å². The lowest BCUT2D eigenvalue weighted by Crippen LogP contribution is -1.97. The van der Waals surface area contributed by atoms with Gasteiger partial charge in [-0.25, -0.2) is 4.98 Å². The topological polar surface area (TPSA) is 37.8 Å². The second-order valence-electron chi connectivity index (χ2n) is 6.12. The molecule has 3 aromatic rings. The van der Waals surface area contributed by atoms with Crippen molar-refractivity contribution in [1.82, 2.24) is 9.97 Å². The van der Waals surface area contributed by atoms with Crippen molar-refractivity contribution in [1.29, 1.82) is 0 Å². The summed E-state index contributed by atoms with van der Waals surface area (Å²) < 4.78 is 0. The predicted molar refractivity (Wildman–Crippen MR) is 104 cm³/mol. The molecule has 0 aliphatic heterocycles. The highest BCUT2D eigenvalue weighted by atomic mass is 32.1. The average molecular weight is 337 g/mol. The Labute approximate surface area is 147 Å². The fraction of sp³-hybridized carbons (Fsp3) is 0.300. The number of thiazole rings is 1. The van der Waals surface area contributed by atoms with E-state index in [0.29, 0.717) is 5.92 Å². The van der Waals surface area contributed by atoms with Gasteiger partial charge in [0.15, 0.2) is 5.13 Å². The molecule has 0 atom stereocenters. The van der Waals surface area contributed by atoms with Crippen LogP contribution in [-0.4, -0.2) is 16.5 Å². The van der Waals surface area contributed by atoms with Crippen molar-refractivity contribution in [2.45, 2.75) is 33.1 Å². The summed E-state index contributed by atoms with van der Waals surface area (Å²) >= 11 is 1.70. The van der Waals surface area contributed by atoms with Crippen molar-refractivity contribution in [3.8, 4) is 21.6 Å². The van der Waals surface area contributed by atoms with Gasteiger partial charge in [-0.15, -0.1) is 0 Å². The molecule has 0 spiro atoms. The lowest BCUT2D eigenvalue weighted by Gasteiger charge is -2.15. The molecule has 2 aromatic heterocycles. The molecular weight excluding hydrogens is 314 g/mol. The van der Waals surface area contributed by atoms with Gasteiger partial charge < -0.3 is 5.32 Å². The van der Waals surface area contributed by atoms with Crippen molar-refractivity contribution in [3.63, 3.8) is 0 Å². The van der Waals surface area contributed by atoms with Gasteiger partial charge in [-0.1, -0.05) is 56.4 Å². The third kappa shape index (κ3) is 3.49. The molecule has 0 bridgehead atoms. The van der Waals surface area contributed by atoms with Gasteiger partial charge in [0.2, 0.25) is 0 Å². The Hall–Kier alpha value is -2.20. The van der Waals surface area contributed by atoms with Crippen LogP contribution in [0.4, 0.5) is 5.13 Å². The summed E-state index contributed by atoms with van der Waals surface area (Å²) in [4.78, 5) is 10.1. The van der Waals surface area contributed by atoms with Crippen LogP contribution in [0.2, 0.25) is 0 Å². The van der Waals surface area contributed by atoms with Crippen molar-refractivity contribution in [2.24, 2.45) is 0 Å². The minimum Gasteiger partial charge on any atom is -0.362 e. The van der Waals surface area contributed by atoms with Gasteiger partial charge >= 0.3 is 0 Å². The Bertz CT molecular complexity index is 808. The van der Waals surface area contributed by atoms with Crippen LogP contribution in [0.15, 0.2) is 48.9 Å². The monoisotopic (exact) mass is 337 g/mol.